The molecule has 17 heavy (non-hydrogen) atoms. The van der Waals surface area contributed by atoms with Gasteiger partial charge in [-0.25, -0.2) is 9.97 Å². The average Bonchev–Trinajstić information content (AvgIpc) is 2.74. The van der Waals surface area contributed by atoms with E-state index in [2.05, 4.69) is 24.2 Å². The van der Waals surface area contributed by atoms with Crippen molar-refractivity contribution in [1.29, 1.82) is 0 Å². The Morgan fingerprint density at radius 1 is 1.41 bits per heavy atom. The molecular weight excluding hydrogens is 259 g/mol. The van der Waals surface area contributed by atoms with Crippen LogP contribution in [0.4, 0.5) is 0 Å². The van der Waals surface area contributed by atoms with Crippen molar-refractivity contribution < 1.29 is 4.74 Å². The summed E-state index contributed by atoms with van der Waals surface area (Å²) < 4.78 is 7.66. The van der Waals surface area contributed by atoms with Crippen LogP contribution in [0.25, 0.3) is 11.2 Å². The lowest BCUT2D eigenvalue weighted by atomic mass is 10.2. The molecule has 0 bridgehead atoms. The van der Waals surface area contributed by atoms with Crippen molar-refractivity contribution in [2.24, 2.45) is 0 Å². The number of nitrogens with zero attached hydrogens (tertiary/aromatic N) is 4. The van der Waals surface area contributed by atoms with Gasteiger partial charge in [0, 0.05) is 6.61 Å². The van der Waals surface area contributed by atoms with Crippen molar-refractivity contribution in [1.82, 2.24) is 19.5 Å². The molecule has 0 amide bonds. The fraction of sp³-hybridized carbons (Fsp3) is 0.500. The Kier molecular flexibility index (Phi) is 2.99. The van der Waals surface area contributed by atoms with Crippen LogP contribution in [0.5, 0.6) is 0 Å². The highest BCUT2D eigenvalue weighted by atomic mass is 35.5. The molecule has 1 saturated heterocycles. The van der Waals surface area contributed by atoms with Crippen molar-refractivity contribution in [3.8, 4) is 0 Å². The van der Waals surface area contributed by atoms with Crippen molar-refractivity contribution in [2.45, 2.75) is 25.5 Å². The van der Waals surface area contributed by atoms with Gasteiger partial charge in [-0.2, -0.15) is 4.98 Å². The summed E-state index contributed by atoms with van der Waals surface area (Å²) in [6.45, 7) is 0.789. The van der Waals surface area contributed by atoms with Crippen LogP contribution in [0.1, 0.15) is 25.5 Å². The third kappa shape index (κ3) is 2.03. The van der Waals surface area contributed by atoms with Gasteiger partial charge in [-0.3, -0.25) is 4.57 Å². The standard InChI is InChI=1S/C10H12ClN4OP/c11-10-13-8-7(9(17)14-10)12-5-15(8)6-3-1-2-4-16-6/h5-6H,1-4,17H2. The second-order valence-corrected chi connectivity index (χ2v) is 4.91. The molecule has 3 heterocycles. The summed E-state index contributed by atoms with van der Waals surface area (Å²) in [5.41, 5.74) is 2.21. The number of hydrogen-bond acceptors (Lipinski definition) is 4. The second kappa shape index (κ2) is 4.48. The van der Waals surface area contributed by atoms with Crippen molar-refractivity contribution in [2.75, 3.05) is 6.61 Å². The summed E-state index contributed by atoms with van der Waals surface area (Å²) in [7, 11) is 2.53. The Balaban J connectivity index is 2.10. The maximum Gasteiger partial charge on any atom is 0.225 e. The molecule has 0 N–H and O–H groups in total. The van der Waals surface area contributed by atoms with Gasteiger partial charge in [0.1, 0.15) is 11.7 Å². The molecule has 0 aliphatic carbocycles. The molecule has 5 nitrogen and oxygen atoms in total. The zero-order chi connectivity index (χ0) is 11.8. The monoisotopic (exact) mass is 270 g/mol. The van der Waals surface area contributed by atoms with Gasteiger partial charge < -0.3 is 4.74 Å². The Hall–Kier alpha value is -0.770. The third-order valence-corrected chi connectivity index (χ3v) is 3.46. The Labute approximate surface area is 106 Å². The molecular formula is C10H12ClN4OP. The van der Waals surface area contributed by atoms with Gasteiger partial charge in [0.15, 0.2) is 5.65 Å². The van der Waals surface area contributed by atoms with E-state index >= 15 is 0 Å². The molecule has 0 saturated carbocycles. The van der Waals surface area contributed by atoms with Crippen LogP contribution in [0.15, 0.2) is 6.33 Å². The van der Waals surface area contributed by atoms with Gasteiger partial charge in [-0.1, -0.05) is 9.24 Å². The first-order valence-electron chi connectivity index (χ1n) is 5.53. The predicted octanol–water partition coefficient (Wildman–Crippen LogP) is 1.68. The van der Waals surface area contributed by atoms with Gasteiger partial charge in [0.05, 0.1) is 11.8 Å². The SMILES string of the molecule is Pc1nc(Cl)nc2c1ncn2C1CCCCO1. The lowest BCUT2D eigenvalue weighted by Gasteiger charge is -2.23. The van der Waals surface area contributed by atoms with E-state index in [1.54, 1.807) is 6.33 Å². The minimum absolute atomic E-state index is 0.0177. The summed E-state index contributed by atoms with van der Waals surface area (Å²) in [6, 6.07) is 0. The van der Waals surface area contributed by atoms with Gasteiger partial charge >= 0.3 is 0 Å². The van der Waals surface area contributed by atoms with Crippen molar-refractivity contribution >= 4 is 37.4 Å². The molecule has 0 radical (unpaired) electrons. The van der Waals surface area contributed by atoms with E-state index in [4.69, 9.17) is 16.3 Å². The third-order valence-electron chi connectivity index (χ3n) is 2.89. The minimum atomic E-state index is 0.0177. The number of imidazole rings is 1. The summed E-state index contributed by atoms with van der Waals surface area (Å²) >= 11 is 5.87. The lowest BCUT2D eigenvalue weighted by molar-refractivity contribution is -0.0298. The number of ether oxygens (including phenoxy) is 1. The summed E-state index contributed by atoms with van der Waals surface area (Å²) in [5.74, 6) is 0. The van der Waals surface area contributed by atoms with E-state index in [0.29, 0.717) is 0 Å². The average molecular weight is 271 g/mol. The molecule has 2 aromatic rings. The van der Waals surface area contributed by atoms with Crippen LogP contribution >= 0.6 is 20.8 Å². The van der Waals surface area contributed by atoms with Crippen LogP contribution in [0.2, 0.25) is 5.28 Å². The van der Waals surface area contributed by atoms with Crippen LogP contribution in [0, 0.1) is 0 Å². The minimum Gasteiger partial charge on any atom is -0.358 e. The highest BCUT2D eigenvalue weighted by molar-refractivity contribution is 7.27. The first-order chi connectivity index (χ1) is 8.25. The number of hydrogen-bond donors (Lipinski definition) is 0. The molecule has 90 valence electrons. The molecule has 0 aromatic carbocycles. The van der Waals surface area contributed by atoms with Gasteiger partial charge in [0.2, 0.25) is 5.28 Å². The van der Waals surface area contributed by atoms with E-state index in [0.717, 1.165) is 42.5 Å². The predicted molar refractivity (Wildman–Crippen MR) is 68.5 cm³/mol. The van der Waals surface area contributed by atoms with Gasteiger partial charge in [-0.05, 0) is 30.9 Å². The number of fused-ring (bicyclic) bond motifs is 1. The fourth-order valence-corrected chi connectivity index (χ4v) is 2.64. The topological polar surface area (TPSA) is 52.8 Å². The molecule has 7 heteroatoms. The van der Waals surface area contributed by atoms with Gasteiger partial charge in [-0.15, -0.1) is 0 Å². The molecule has 1 fully saturated rings. The van der Waals surface area contributed by atoms with E-state index in [1.165, 1.54) is 0 Å². The molecule has 1 aliphatic rings. The summed E-state index contributed by atoms with van der Waals surface area (Å²) in [6.07, 6.45) is 5.03. The Morgan fingerprint density at radius 3 is 3.06 bits per heavy atom. The molecule has 0 spiro atoms. The quantitative estimate of drug-likeness (QED) is 0.584. The normalized spacial score (nSPS) is 20.9. The fourth-order valence-electron chi connectivity index (χ4n) is 2.06. The lowest BCUT2D eigenvalue weighted by Crippen LogP contribution is -2.18. The Bertz CT molecular complexity index is 552. The number of rotatable bonds is 1. The van der Waals surface area contributed by atoms with Crippen LogP contribution < -0.4 is 5.44 Å². The maximum absolute atomic E-state index is 5.87. The van der Waals surface area contributed by atoms with E-state index < -0.39 is 0 Å². The zero-order valence-corrected chi connectivity index (χ0v) is 11.0. The van der Waals surface area contributed by atoms with Crippen LogP contribution in [-0.4, -0.2) is 26.1 Å². The number of aromatic nitrogens is 4. The van der Waals surface area contributed by atoms with Crippen molar-refractivity contribution in [3.63, 3.8) is 0 Å². The zero-order valence-electron chi connectivity index (χ0n) is 9.14. The van der Waals surface area contributed by atoms with Gasteiger partial charge in [0.25, 0.3) is 0 Å². The van der Waals surface area contributed by atoms with E-state index in [1.807, 2.05) is 4.57 Å². The largest absolute Gasteiger partial charge is 0.358 e. The summed E-state index contributed by atoms with van der Waals surface area (Å²) in [4.78, 5) is 12.6. The molecule has 2 unspecified atom stereocenters. The molecule has 1 aliphatic heterocycles. The van der Waals surface area contributed by atoms with Crippen LogP contribution in [-0.2, 0) is 4.74 Å². The first kappa shape index (κ1) is 11.3. The maximum atomic E-state index is 5.87. The highest BCUT2D eigenvalue weighted by Gasteiger charge is 2.19. The number of halogens is 1. The molecule has 2 aromatic heterocycles. The second-order valence-electron chi connectivity index (χ2n) is 4.02. The Morgan fingerprint density at radius 2 is 2.29 bits per heavy atom. The molecule has 2 atom stereocenters. The molecule has 3 rings (SSSR count). The van der Waals surface area contributed by atoms with Crippen LogP contribution in [0.3, 0.4) is 0 Å². The van der Waals surface area contributed by atoms with E-state index in [9.17, 15) is 0 Å². The highest BCUT2D eigenvalue weighted by Crippen LogP contribution is 2.25. The summed E-state index contributed by atoms with van der Waals surface area (Å²) in [5, 5.41) is 0.236. The van der Waals surface area contributed by atoms with Crippen molar-refractivity contribution in [3.05, 3.63) is 11.6 Å². The van der Waals surface area contributed by atoms with E-state index in [-0.39, 0.29) is 11.5 Å². The smallest absolute Gasteiger partial charge is 0.225 e. The first-order valence-corrected chi connectivity index (χ1v) is 6.48.